The molecule has 0 atom stereocenters. The van der Waals surface area contributed by atoms with E-state index in [2.05, 4.69) is 44.5 Å². The summed E-state index contributed by atoms with van der Waals surface area (Å²) in [6.07, 6.45) is 11.1. The number of carbonyl (C=O) groups excluding carboxylic acids is 1. The van der Waals surface area contributed by atoms with E-state index in [4.69, 9.17) is 4.74 Å². The molecule has 1 aromatic heterocycles. The monoisotopic (exact) mass is 495 g/mol. The summed E-state index contributed by atoms with van der Waals surface area (Å²) in [6.45, 7) is 1.72. The normalized spacial score (nSPS) is 27.6. The molecule has 1 aliphatic heterocycles. The maximum Gasteiger partial charge on any atom is 0.322 e. The number of rotatable bonds is 5. The van der Waals surface area contributed by atoms with Crippen LogP contribution in [0.5, 0.6) is 5.75 Å². The molecular formula is C30H33N5O2. The highest BCUT2D eigenvalue weighted by molar-refractivity contribution is 5.98. The molecule has 0 radical (unpaired) electrons. The van der Waals surface area contributed by atoms with Crippen LogP contribution in [-0.4, -0.2) is 34.6 Å². The van der Waals surface area contributed by atoms with E-state index in [-0.39, 0.29) is 11.6 Å². The van der Waals surface area contributed by atoms with Crippen molar-refractivity contribution < 1.29 is 9.53 Å². The first kappa shape index (κ1) is 22.6. The maximum absolute atomic E-state index is 13.7. The lowest BCUT2D eigenvalue weighted by molar-refractivity contribution is -0.0131. The van der Waals surface area contributed by atoms with Crippen molar-refractivity contribution in [3.63, 3.8) is 0 Å². The van der Waals surface area contributed by atoms with Gasteiger partial charge in [0.2, 0.25) is 0 Å². The fourth-order valence-corrected chi connectivity index (χ4v) is 7.67. The van der Waals surface area contributed by atoms with Crippen molar-refractivity contribution in [3.8, 4) is 5.75 Å². The molecule has 190 valence electrons. The number of nitrogens with zero attached hydrogens (tertiary/aromatic N) is 4. The van der Waals surface area contributed by atoms with Gasteiger partial charge in [0.05, 0.1) is 11.4 Å². The molecule has 5 aliphatic rings. The number of para-hydroxylation sites is 2. The average Bonchev–Trinajstić information content (AvgIpc) is 2.91. The second-order valence-corrected chi connectivity index (χ2v) is 11.4. The van der Waals surface area contributed by atoms with Gasteiger partial charge in [0.15, 0.2) is 5.82 Å². The number of benzene rings is 2. The van der Waals surface area contributed by atoms with Crippen molar-refractivity contribution in [3.05, 3.63) is 72.8 Å². The molecule has 0 spiro atoms. The van der Waals surface area contributed by atoms with Crippen LogP contribution in [-0.2, 0) is 6.61 Å². The van der Waals surface area contributed by atoms with E-state index < -0.39 is 0 Å². The maximum atomic E-state index is 13.7. The average molecular weight is 496 g/mol. The van der Waals surface area contributed by atoms with E-state index in [1.165, 1.54) is 19.3 Å². The van der Waals surface area contributed by atoms with Gasteiger partial charge in [0, 0.05) is 36.7 Å². The Balaban J connectivity index is 1.07. The van der Waals surface area contributed by atoms with Crippen LogP contribution in [0.15, 0.2) is 67.0 Å². The summed E-state index contributed by atoms with van der Waals surface area (Å²) in [4.78, 5) is 26.4. The number of carbonyl (C=O) groups is 1. The van der Waals surface area contributed by atoms with Crippen molar-refractivity contribution in [1.82, 2.24) is 15.3 Å². The van der Waals surface area contributed by atoms with Crippen molar-refractivity contribution in [1.29, 1.82) is 0 Å². The van der Waals surface area contributed by atoms with Crippen molar-refractivity contribution in [2.24, 2.45) is 17.8 Å². The Kier molecular flexibility index (Phi) is 5.52. The zero-order valence-corrected chi connectivity index (χ0v) is 21.1. The highest BCUT2D eigenvalue weighted by Gasteiger charge is 2.52. The summed E-state index contributed by atoms with van der Waals surface area (Å²) >= 11 is 0. The largest absolute Gasteiger partial charge is 0.486 e. The second-order valence-electron chi connectivity index (χ2n) is 11.4. The van der Waals surface area contributed by atoms with Crippen LogP contribution in [0.3, 0.4) is 0 Å². The number of nitrogens with one attached hydrogen (secondary N) is 1. The van der Waals surface area contributed by atoms with Gasteiger partial charge in [0.25, 0.3) is 0 Å². The number of hydrogen-bond acceptors (Lipinski definition) is 5. The lowest BCUT2D eigenvalue weighted by Gasteiger charge is -2.57. The highest BCUT2D eigenvalue weighted by Crippen LogP contribution is 2.55. The molecule has 7 nitrogen and oxygen atoms in total. The standard InChI is InChI=1S/C30H33N5O2/c36-29(33-30-17-21-14-22(18-30)16-23(15-21)19-30)35-13-12-34(26-4-1-2-5-27(26)35)24-6-8-25(9-7-24)37-20-28-31-10-3-11-32-28/h1-11,21-23H,12-20H2,(H,33,36). The van der Waals surface area contributed by atoms with Crippen molar-refractivity contribution in [2.75, 3.05) is 22.9 Å². The minimum Gasteiger partial charge on any atom is -0.486 e. The summed E-state index contributed by atoms with van der Waals surface area (Å²) in [5.41, 5.74) is 3.12. The van der Waals surface area contributed by atoms with Gasteiger partial charge in [-0.15, -0.1) is 0 Å². The predicted octanol–water partition coefficient (Wildman–Crippen LogP) is 5.69. The van der Waals surface area contributed by atoms with Crippen LogP contribution in [0.4, 0.5) is 21.9 Å². The number of hydrogen-bond donors (Lipinski definition) is 1. The molecule has 2 heterocycles. The quantitative estimate of drug-likeness (QED) is 0.492. The Bertz CT molecular complexity index is 1240. The molecular weight excluding hydrogens is 462 g/mol. The van der Waals surface area contributed by atoms with E-state index >= 15 is 0 Å². The van der Waals surface area contributed by atoms with Crippen molar-refractivity contribution >= 4 is 23.1 Å². The number of amides is 2. The van der Waals surface area contributed by atoms with E-state index in [1.54, 1.807) is 18.5 Å². The SMILES string of the molecule is O=C(NC12CC3CC(CC(C3)C1)C2)N1CCN(c2ccc(OCc3ncccn3)cc2)c2ccccc21. The summed E-state index contributed by atoms with van der Waals surface area (Å²) in [7, 11) is 0. The van der Waals surface area contributed by atoms with Gasteiger partial charge in [-0.25, -0.2) is 14.8 Å². The molecule has 37 heavy (non-hydrogen) atoms. The lowest BCUT2D eigenvalue weighted by atomic mass is 9.53. The van der Waals surface area contributed by atoms with Crippen molar-refractivity contribution in [2.45, 2.75) is 50.7 Å². The Hall–Kier alpha value is -3.61. The number of ether oxygens (including phenoxy) is 1. The molecule has 2 aromatic carbocycles. The third kappa shape index (κ3) is 4.30. The van der Waals surface area contributed by atoms with Crippen LogP contribution >= 0.6 is 0 Å². The van der Waals surface area contributed by atoms with Crippen LogP contribution in [0.1, 0.15) is 44.3 Å². The third-order valence-electron chi connectivity index (χ3n) is 8.80. The summed E-state index contributed by atoms with van der Waals surface area (Å²) < 4.78 is 5.86. The molecule has 2 amide bonds. The predicted molar refractivity (Wildman–Crippen MR) is 143 cm³/mol. The van der Waals surface area contributed by atoms with Gasteiger partial charge in [0.1, 0.15) is 12.4 Å². The Morgan fingerprint density at radius 1 is 0.865 bits per heavy atom. The molecule has 4 saturated carbocycles. The van der Waals surface area contributed by atoms with Crippen LogP contribution in [0.25, 0.3) is 0 Å². The lowest BCUT2D eigenvalue weighted by Crippen LogP contribution is -2.62. The summed E-state index contributed by atoms with van der Waals surface area (Å²) in [5.74, 6) is 3.86. The summed E-state index contributed by atoms with van der Waals surface area (Å²) in [5, 5.41) is 3.57. The molecule has 0 unspecified atom stereocenters. The van der Waals surface area contributed by atoms with Gasteiger partial charge in [-0.3, -0.25) is 4.90 Å². The van der Waals surface area contributed by atoms with Crippen LogP contribution in [0, 0.1) is 17.8 Å². The smallest absolute Gasteiger partial charge is 0.322 e. The molecule has 1 N–H and O–H groups in total. The first-order valence-electron chi connectivity index (χ1n) is 13.6. The van der Waals surface area contributed by atoms with E-state index in [0.29, 0.717) is 19.0 Å². The number of anilines is 3. The number of fused-ring (bicyclic) bond motifs is 1. The number of urea groups is 1. The molecule has 4 bridgehead atoms. The van der Waals surface area contributed by atoms with E-state index in [9.17, 15) is 4.79 Å². The molecule has 4 aliphatic carbocycles. The zero-order valence-electron chi connectivity index (χ0n) is 21.1. The van der Waals surface area contributed by atoms with Gasteiger partial charge < -0.3 is 15.0 Å². The first-order chi connectivity index (χ1) is 18.1. The Morgan fingerprint density at radius 2 is 1.51 bits per heavy atom. The van der Waals surface area contributed by atoms with E-state index in [0.717, 1.165) is 66.4 Å². The Morgan fingerprint density at radius 3 is 2.19 bits per heavy atom. The zero-order chi connectivity index (χ0) is 24.8. The minimum absolute atomic E-state index is 0.0124. The minimum atomic E-state index is 0.0124. The second kappa shape index (κ2) is 9.05. The fourth-order valence-electron chi connectivity index (χ4n) is 7.67. The molecule has 3 aromatic rings. The third-order valence-corrected chi connectivity index (χ3v) is 8.80. The van der Waals surface area contributed by atoms with Crippen LogP contribution in [0.2, 0.25) is 0 Å². The van der Waals surface area contributed by atoms with Gasteiger partial charge in [-0.2, -0.15) is 0 Å². The fraction of sp³-hybridized carbons (Fsp3) is 0.433. The number of aromatic nitrogens is 2. The highest BCUT2D eigenvalue weighted by atomic mass is 16.5. The van der Waals surface area contributed by atoms with Gasteiger partial charge >= 0.3 is 6.03 Å². The van der Waals surface area contributed by atoms with E-state index in [1.807, 2.05) is 29.2 Å². The van der Waals surface area contributed by atoms with Gasteiger partial charge in [-0.1, -0.05) is 12.1 Å². The molecule has 4 fully saturated rings. The molecule has 7 heteroatoms. The molecule has 0 saturated heterocycles. The topological polar surface area (TPSA) is 70.6 Å². The summed E-state index contributed by atoms with van der Waals surface area (Å²) in [6, 6.07) is 18.2. The Labute approximate surface area is 217 Å². The van der Waals surface area contributed by atoms with Crippen LogP contribution < -0.4 is 19.9 Å². The van der Waals surface area contributed by atoms with Gasteiger partial charge in [-0.05, 0) is 98.7 Å². The first-order valence-corrected chi connectivity index (χ1v) is 13.6. The molecule has 8 rings (SSSR count).